The summed E-state index contributed by atoms with van der Waals surface area (Å²) in [5.74, 6) is 0.396. The van der Waals surface area contributed by atoms with Gasteiger partial charge in [0.1, 0.15) is 0 Å². The fourth-order valence-corrected chi connectivity index (χ4v) is 0.741. The molecular weight excluding hydrogens is 152 g/mol. The van der Waals surface area contributed by atoms with Crippen LogP contribution in [0, 0.1) is 5.92 Å². The van der Waals surface area contributed by atoms with E-state index in [1.807, 2.05) is 13.0 Å². The van der Waals surface area contributed by atoms with Crippen molar-refractivity contribution in [1.82, 2.24) is 0 Å². The van der Waals surface area contributed by atoms with Gasteiger partial charge < -0.3 is 4.74 Å². The van der Waals surface area contributed by atoms with Crippen LogP contribution in [-0.4, -0.2) is 12.6 Å². The Morgan fingerprint density at radius 1 is 1.50 bits per heavy atom. The normalized spacial score (nSPS) is 11.9. The summed E-state index contributed by atoms with van der Waals surface area (Å²) in [6, 6.07) is 0. The van der Waals surface area contributed by atoms with Crippen LogP contribution in [0.1, 0.15) is 34.1 Å². The predicted molar refractivity (Wildman–Crippen MR) is 49.8 cm³/mol. The number of rotatable bonds is 4. The maximum Gasteiger partial charge on any atom is 0.333 e. The van der Waals surface area contributed by atoms with Gasteiger partial charge in [-0.1, -0.05) is 19.9 Å². The molecule has 0 spiro atoms. The highest BCUT2D eigenvalue weighted by Gasteiger charge is 2.03. The molecule has 0 aliphatic carbocycles. The van der Waals surface area contributed by atoms with E-state index in [0.717, 1.165) is 6.42 Å². The highest BCUT2D eigenvalue weighted by Crippen LogP contribution is 2.05. The Labute approximate surface area is 74.6 Å². The molecule has 0 aliphatic rings. The molecule has 0 aliphatic heterocycles. The van der Waals surface area contributed by atoms with Gasteiger partial charge in [0.2, 0.25) is 0 Å². The van der Waals surface area contributed by atoms with Crippen LogP contribution in [0.25, 0.3) is 0 Å². The number of ether oxygens (including phenoxy) is 1. The van der Waals surface area contributed by atoms with Gasteiger partial charge in [-0.2, -0.15) is 0 Å². The fourth-order valence-electron chi connectivity index (χ4n) is 0.741. The van der Waals surface area contributed by atoms with Gasteiger partial charge >= 0.3 is 5.97 Å². The summed E-state index contributed by atoms with van der Waals surface area (Å²) in [5.41, 5.74) is 0.713. The molecule has 2 nitrogen and oxygen atoms in total. The molecule has 0 aromatic carbocycles. The van der Waals surface area contributed by atoms with Gasteiger partial charge in [0, 0.05) is 5.57 Å². The largest absolute Gasteiger partial charge is 0.463 e. The summed E-state index contributed by atoms with van der Waals surface area (Å²) in [5, 5.41) is 0. The summed E-state index contributed by atoms with van der Waals surface area (Å²) < 4.78 is 4.83. The van der Waals surface area contributed by atoms with Crippen LogP contribution in [-0.2, 0) is 9.53 Å². The molecule has 0 saturated heterocycles. The van der Waals surface area contributed by atoms with Crippen molar-refractivity contribution in [2.24, 2.45) is 5.92 Å². The standard InChI is InChI=1S/C10H18O2/c1-5-12-10(11)9(4)7-6-8(2)3/h7-8H,5-6H2,1-4H3. The van der Waals surface area contributed by atoms with E-state index in [0.29, 0.717) is 18.1 Å². The minimum absolute atomic E-state index is 0.196. The van der Waals surface area contributed by atoms with Crippen molar-refractivity contribution in [3.8, 4) is 0 Å². The molecule has 0 rings (SSSR count). The van der Waals surface area contributed by atoms with Crippen LogP contribution < -0.4 is 0 Å². The average molecular weight is 170 g/mol. The van der Waals surface area contributed by atoms with Crippen molar-refractivity contribution in [1.29, 1.82) is 0 Å². The summed E-state index contributed by atoms with van der Waals surface area (Å²) in [7, 11) is 0. The van der Waals surface area contributed by atoms with E-state index in [2.05, 4.69) is 13.8 Å². The Hall–Kier alpha value is -0.790. The first-order chi connectivity index (χ1) is 5.57. The number of carbonyl (C=O) groups excluding carboxylic acids is 1. The third-order valence-corrected chi connectivity index (χ3v) is 1.49. The summed E-state index contributed by atoms with van der Waals surface area (Å²) in [6.07, 6.45) is 2.87. The Bertz CT molecular complexity index is 169. The second-order valence-corrected chi connectivity index (χ2v) is 3.24. The Morgan fingerprint density at radius 2 is 2.08 bits per heavy atom. The minimum atomic E-state index is -0.196. The van der Waals surface area contributed by atoms with Gasteiger partial charge in [-0.3, -0.25) is 0 Å². The van der Waals surface area contributed by atoms with E-state index in [-0.39, 0.29) is 5.97 Å². The first kappa shape index (κ1) is 11.2. The molecule has 2 heteroatoms. The van der Waals surface area contributed by atoms with Gasteiger partial charge in [-0.25, -0.2) is 4.79 Å². The molecule has 0 amide bonds. The van der Waals surface area contributed by atoms with E-state index in [1.54, 1.807) is 6.92 Å². The van der Waals surface area contributed by atoms with Gasteiger partial charge in [0.15, 0.2) is 0 Å². The zero-order valence-electron chi connectivity index (χ0n) is 8.39. The second-order valence-electron chi connectivity index (χ2n) is 3.24. The Balaban J connectivity index is 3.90. The quantitative estimate of drug-likeness (QED) is 0.478. The number of carbonyl (C=O) groups is 1. The first-order valence-electron chi connectivity index (χ1n) is 4.41. The van der Waals surface area contributed by atoms with Crippen molar-refractivity contribution < 1.29 is 9.53 Å². The lowest BCUT2D eigenvalue weighted by Crippen LogP contribution is -2.05. The molecule has 0 atom stereocenters. The van der Waals surface area contributed by atoms with E-state index in [9.17, 15) is 4.79 Å². The minimum Gasteiger partial charge on any atom is -0.463 e. The zero-order chi connectivity index (χ0) is 9.56. The second kappa shape index (κ2) is 5.81. The molecule has 70 valence electrons. The number of hydrogen-bond donors (Lipinski definition) is 0. The topological polar surface area (TPSA) is 26.3 Å². The molecule has 0 fully saturated rings. The smallest absolute Gasteiger partial charge is 0.333 e. The summed E-state index contributed by atoms with van der Waals surface area (Å²) in [4.78, 5) is 11.1. The molecule has 0 unspecified atom stereocenters. The molecule has 0 aromatic rings. The predicted octanol–water partition coefficient (Wildman–Crippen LogP) is 2.54. The molecule has 0 N–H and O–H groups in total. The zero-order valence-corrected chi connectivity index (χ0v) is 8.39. The van der Waals surface area contributed by atoms with Gasteiger partial charge in [-0.05, 0) is 26.2 Å². The van der Waals surface area contributed by atoms with Crippen LogP contribution in [0.4, 0.5) is 0 Å². The fraction of sp³-hybridized carbons (Fsp3) is 0.700. The molecule has 0 aromatic heterocycles. The van der Waals surface area contributed by atoms with Crippen molar-refractivity contribution in [2.45, 2.75) is 34.1 Å². The molecular formula is C10H18O2. The molecule has 0 radical (unpaired) electrons. The van der Waals surface area contributed by atoms with Crippen LogP contribution >= 0.6 is 0 Å². The van der Waals surface area contributed by atoms with E-state index in [4.69, 9.17) is 4.74 Å². The summed E-state index contributed by atoms with van der Waals surface area (Å²) in [6.45, 7) is 8.30. The van der Waals surface area contributed by atoms with Gasteiger partial charge in [0.05, 0.1) is 6.61 Å². The third-order valence-electron chi connectivity index (χ3n) is 1.49. The molecule has 0 heterocycles. The van der Waals surface area contributed by atoms with Crippen LogP contribution in [0.3, 0.4) is 0 Å². The lowest BCUT2D eigenvalue weighted by atomic mass is 10.1. The lowest BCUT2D eigenvalue weighted by molar-refractivity contribution is -0.138. The lowest BCUT2D eigenvalue weighted by Gasteiger charge is -2.02. The third kappa shape index (κ3) is 4.94. The van der Waals surface area contributed by atoms with Gasteiger partial charge in [0.25, 0.3) is 0 Å². The Morgan fingerprint density at radius 3 is 2.50 bits per heavy atom. The highest BCUT2D eigenvalue weighted by molar-refractivity contribution is 5.87. The molecule has 0 saturated carbocycles. The molecule has 12 heavy (non-hydrogen) atoms. The van der Waals surface area contributed by atoms with Crippen LogP contribution in [0.2, 0.25) is 0 Å². The maximum atomic E-state index is 11.1. The van der Waals surface area contributed by atoms with Crippen molar-refractivity contribution in [3.05, 3.63) is 11.6 Å². The average Bonchev–Trinajstić information content (AvgIpc) is 2.00. The van der Waals surface area contributed by atoms with E-state index < -0.39 is 0 Å². The summed E-state index contributed by atoms with van der Waals surface area (Å²) >= 11 is 0. The van der Waals surface area contributed by atoms with E-state index >= 15 is 0 Å². The highest BCUT2D eigenvalue weighted by atomic mass is 16.5. The number of hydrogen-bond acceptors (Lipinski definition) is 2. The van der Waals surface area contributed by atoms with Crippen LogP contribution in [0.5, 0.6) is 0 Å². The van der Waals surface area contributed by atoms with Crippen LogP contribution in [0.15, 0.2) is 11.6 Å². The van der Waals surface area contributed by atoms with Crippen molar-refractivity contribution in [2.75, 3.05) is 6.61 Å². The monoisotopic (exact) mass is 170 g/mol. The SMILES string of the molecule is CCOC(=O)C(C)=CCC(C)C. The Kier molecular flexibility index (Phi) is 5.43. The van der Waals surface area contributed by atoms with Gasteiger partial charge in [-0.15, -0.1) is 0 Å². The molecule has 0 bridgehead atoms. The maximum absolute atomic E-state index is 11.1. The van der Waals surface area contributed by atoms with Crippen molar-refractivity contribution in [3.63, 3.8) is 0 Å². The first-order valence-corrected chi connectivity index (χ1v) is 4.41. The number of allylic oxidation sites excluding steroid dienone is 1. The van der Waals surface area contributed by atoms with E-state index in [1.165, 1.54) is 0 Å². The van der Waals surface area contributed by atoms with Crippen molar-refractivity contribution >= 4 is 5.97 Å². The number of esters is 1.